The molecule has 7 nitrogen and oxygen atoms in total. The Labute approximate surface area is 185 Å². The van der Waals surface area contributed by atoms with Crippen molar-refractivity contribution in [2.45, 2.75) is 44.6 Å². The van der Waals surface area contributed by atoms with Crippen LogP contribution in [0.3, 0.4) is 0 Å². The quantitative estimate of drug-likeness (QED) is 0.652. The highest BCUT2D eigenvalue weighted by Crippen LogP contribution is 2.37. The number of likely N-dealkylation sites (N-methyl/N-ethyl adjacent to an activating group) is 2. The molecule has 2 rings (SSSR count). The molecule has 0 atom stereocenters. The van der Waals surface area contributed by atoms with Gasteiger partial charge in [0.05, 0.1) is 5.41 Å². The van der Waals surface area contributed by atoms with E-state index in [0.29, 0.717) is 39.0 Å². The molecule has 0 aliphatic carbocycles. The first-order chi connectivity index (χ1) is 14.5. The van der Waals surface area contributed by atoms with Crippen molar-refractivity contribution in [2.24, 2.45) is 0 Å². The Hall–Kier alpha value is -2.83. The molecule has 1 aromatic carbocycles. The van der Waals surface area contributed by atoms with Crippen molar-refractivity contribution in [1.82, 2.24) is 14.7 Å². The van der Waals surface area contributed by atoms with Crippen LogP contribution in [0.5, 0.6) is 0 Å². The van der Waals surface area contributed by atoms with Crippen molar-refractivity contribution in [3.8, 4) is 0 Å². The number of ether oxygens (including phenoxy) is 1. The fourth-order valence-electron chi connectivity index (χ4n) is 3.82. The maximum absolute atomic E-state index is 13.6. The average molecular weight is 430 g/mol. The molecular formula is C24H35N3O4. The second-order valence-corrected chi connectivity index (χ2v) is 9.11. The molecule has 1 aliphatic rings. The molecule has 0 saturated carbocycles. The summed E-state index contributed by atoms with van der Waals surface area (Å²) in [7, 11) is 3.43. The third kappa shape index (κ3) is 6.09. The number of benzene rings is 1. The van der Waals surface area contributed by atoms with Crippen LogP contribution in [0.2, 0.25) is 0 Å². The zero-order chi connectivity index (χ0) is 23.2. The van der Waals surface area contributed by atoms with Gasteiger partial charge in [-0.3, -0.25) is 9.59 Å². The van der Waals surface area contributed by atoms with Gasteiger partial charge in [-0.2, -0.15) is 0 Å². The molecule has 1 heterocycles. The summed E-state index contributed by atoms with van der Waals surface area (Å²) in [5.41, 5.74) is -0.308. The Morgan fingerprint density at radius 3 is 2.13 bits per heavy atom. The van der Waals surface area contributed by atoms with E-state index in [1.165, 1.54) is 11.0 Å². The predicted molar refractivity (Wildman–Crippen MR) is 121 cm³/mol. The van der Waals surface area contributed by atoms with Crippen LogP contribution >= 0.6 is 0 Å². The SMILES string of the molecule is C=CC(=O)N1CCC(C(=O)N(C)CCN(C)C(=O)OC(C)(C)C)(c2ccccc2)CC1. The minimum atomic E-state index is -0.696. The first kappa shape index (κ1) is 24.4. The molecule has 0 bridgehead atoms. The molecule has 31 heavy (non-hydrogen) atoms. The van der Waals surface area contributed by atoms with Crippen LogP contribution in [0.1, 0.15) is 39.2 Å². The highest BCUT2D eigenvalue weighted by atomic mass is 16.6. The number of hydrogen-bond donors (Lipinski definition) is 0. The van der Waals surface area contributed by atoms with Crippen molar-refractivity contribution < 1.29 is 19.1 Å². The molecular weight excluding hydrogens is 394 g/mol. The van der Waals surface area contributed by atoms with Gasteiger partial charge >= 0.3 is 6.09 Å². The van der Waals surface area contributed by atoms with Crippen molar-refractivity contribution in [3.05, 3.63) is 48.6 Å². The van der Waals surface area contributed by atoms with E-state index >= 15 is 0 Å². The van der Waals surface area contributed by atoms with Gasteiger partial charge in [0, 0.05) is 40.3 Å². The van der Waals surface area contributed by atoms with E-state index in [2.05, 4.69) is 6.58 Å². The summed E-state index contributed by atoms with van der Waals surface area (Å²) in [6, 6.07) is 9.74. The molecule has 0 unspecified atom stereocenters. The van der Waals surface area contributed by atoms with Crippen molar-refractivity contribution in [3.63, 3.8) is 0 Å². The highest BCUT2D eigenvalue weighted by molar-refractivity contribution is 5.90. The van der Waals surface area contributed by atoms with Gasteiger partial charge in [-0.05, 0) is 45.3 Å². The Kier molecular flexibility index (Phi) is 7.87. The monoisotopic (exact) mass is 429 g/mol. The lowest BCUT2D eigenvalue weighted by atomic mass is 9.71. The number of carbonyl (C=O) groups is 3. The lowest BCUT2D eigenvalue weighted by Crippen LogP contribution is -2.54. The number of rotatable bonds is 6. The zero-order valence-corrected chi connectivity index (χ0v) is 19.4. The van der Waals surface area contributed by atoms with Crippen LogP contribution in [-0.2, 0) is 19.7 Å². The first-order valence-electron chi connectivity index (χ1n) is 10.7. The Morgan fingerprint density at radius 1 is 1.06 bits per heavy atom. The topological polar surface area (TPSA) is 70.2 Å². The van der Waals surface area contributed by atoms with Crippen LogP contribution in [0.15, 0.2) is 43.0 Å². The van der Waals surface area contributed by atoms with Gasteiger partial charge in [-0.25, -0.2) is 4.79 Å². The molecule has 7 heteroatoms. The van der Waals surface area contributed by atoms with E-state index in [1.54, 1.807) is 23.9 Å². The molecule has 1 aromatic rings. The summed E-state index contributed by atoms with van der Waals surface area (Å²) in [6.07, 6.45) is 1.99. The number of carbonyl (C=O) groups excluding carboxylic acids is 3. The maximum Gasteiger partial charge on any atom is 0.410 e. The molecule has 0 N–H and O–H groups in total. The number of piperidine rings is 1. The zero-order valence-electron chi connectivity index (χ0n) is 19.4. The van der Waals surface area contributed by atoms with E-state index in [1.807, 2.05) is 51.1 Å². The largest absolute Gasteiger partial charge is 0.444 e. The number of hydrogen-bond acceptors (Lipinski definition) is 4. The van der Waals surface area contributed by atoms with E-state index in [-0.39, 0.29) is 11.8 Å². The van der Waals surface area contributed by atoms with Gasteiger partial charge in [0.1, 0.15) is 5.60 Å². The van der Waals surface area contributed by atoms with E-state index < -0.39 is 17.1 Å². The fourth-order valence-corrected chi connectivity index (χ4v) is 3.82. The Morgan fingerprint density at radius 2 is 1.61 bits per heavy atom. The minimum Gasteiger partial charge on any atom is -0.444 e. The third-order valence-electron chi connectivity index (χ3n) is 5.66. The fraction of sp³-hybridized carbons (Fsp3) is 0.542. The average Bonchev–Trinajstić information content (AvgIpc) is 2.75. The van der Waals surface area contributed by atoms with Crippen LogP contribution in [0.25, 0.3) is 0 Å². The highest BCUT2D eigenvalue weighted by Gasteiger charge is 2.44. The van der Waals surface area contributed by atoms with Gasteiger partial charge in [-0.15, -0.1) is 0 Å². The normalized spacial score (nSPS) is 15.7. The lowest BCUT2D eigenvalue weighted by molar-refractivity contribution is -0.140. The van der Waals surface area contributed by atoms with Gasteiger partial charge in [0.15, 0.2) is 0 Å². The van der Waals surface area contributed by atoms with E-state index in [9.17, 15) is 14.4 Å². The summed E-state index contributed by atoms with van der Waals surface area (Å²) in [4.78, 5) is 42.8. The van der Waals surface area contributed by atoms with Crippen LogP contribution in [0, 0.1) is 0 Å². The molecule has 1 fully saturated rings. The minimum absolute atomic E-state index is 0.00184. The predicted octanol–water partition coefficient (Wildman–Crippen LogP) is 3.06. The Balaban J connectivity index is 2.12. The van der Waals surface area contributed by atoms with Gasteiger partial charge in [0.2, 0.25) is 11.8 Å². The number of nitrogens with zero attached hydrogens (tertiary/aromatic N) is 3. The molecule has 0 aromatic heterocycles. The van der Waals surface area contributed by atoms with Gasteiger partial charge in [0.25, 0.3) is 0 Å². The van der Waals surface area contributed by atoms with Crippen molar-refractivity contribution in [1.29, 1.82) is 0 Å². The summed E-state index contributed by atoms with van der Waals surface area (Å²) < 4.78 is 5.38. The molecule has 1 aliphatic heterocycles. The van der Waals surface area contributed by atoms with Crippen molar-refractivity contribution in [2.75, 3.05) is 40.3 Å². The summed E-state index contributed by atoms with van der Waals surface area (Å²) in [5, 5.41) is 0. The van der Waals surface area contributed by atoms with Gasteiger partial charge in [-0.1, -0.05) is 36.9 Å². The first-order valence-corrected chi connectivity index (χ1v) is 10.7. The van der Waals surface area contributed by atoms with E-state index in [4.69, 9.17) is 4.74 Å². The van der Waals surface area contributed by atoms with E-state index in [0.717, 1.165) is 5.56 Å². The molecule has 0 spiro atoms. The van der Waals surface area contributed by atoms with Gasteiger partial charge < -0.3 is 19.4 Å². The molecule has 0 radical (unpaired) electrons. The third-order valence-corrected chi connectivity index (χ3v) is 5.66. The lowest BCUT2D eigenvalue weighted by Gasteiger charge is -2.43. The number of likely N-dealkylation sites (tertiary alicyclic amines) is 1. The number of amides is 3. The molecule has 170 valence electrons. The summed E-state index contributed by atoms with van der Waals surface area (Å²) in [6.45, 7) is 10.8. The Bertz CT molecular complexity index is 793. The van der Waals surface area contributed by atoms with Crippen LogP contribution in [-0.4, -0.2) is 78.5 Å². The second-order valence-electron chi connectivity index (χ2n) is 9.11. The summed E-state index contributed by atoms with van der Waals surface area (Å²) in [5.74, 6) is -0.108. The maximum atomic E-state index is 13.6. The van der Waals surface area contributed by atoms with Crippen LogP contribution in [0.4, 0.5) is 4.79 Å². The standard InChI is InChI=1S/C24H35N3O4/c1-7-20(28)27-15-13-24(14-16-27,19-11-9-8-10-12-19)21(29)25(5)17-18-26(6)22(30)31-23(2,3)4/h7-12H,1,13-18H2,2-6H3. The van der Waals surface area contributed by atoms with Crippen LogP contribution < -0.4 is 0 Å². The molecule has 3 amide bonds. The second kappa shape index (κ2) is 9.98. The summed E-state index contributed by atoms with van der Waals surface area (Å²) >= 11 is 0. The smallest absolute Gasteiger partial charge is 0.410 e. The van der Waals surface area contributed by atoms with Crippen molar-refractivity contribution >= 4 is 17.9 Å². The molecule has 1 saturated heterocycles.